The minimum absolute atomic E-state index is 0.855. The predicted molar refractivity (Wildman–Crippen MR) is 277 cm³/mol. The molecule has 13 aromatic rings. The lowest BCUT2D eigenvalue weighted by Gasteiger charge is -2.14. The molecule has 13 rings (SSSR count). The number of para-hydroxylation sites is 6. The Kier molecular flexibility index (Phi) is 9.06. The highest BCUT2D eigenvalue weighted by molar-refractivity contribution is 6.11. The molecule has 0 saturated carbocycles. The van der Waals surface area contributed by atoms with Crippen LogP contribution in [0.4, 0.5) is 0 Å². The van der Waals surface area contributed by atoms with Gasteiger partial charge in [-0.25, -0.2) is 0 Å². The molecule has 312 valence electrons. The van der Waals surface area contributed by atoms with Crippen molar-refractivity contribution in [2.45, 2.75) is 19.3 Å². The van der Waals surface area contributed by atoms with Crippen molar-refractivity contribution >= 4 is 65.4 Å². The van der Waals surface area contributed by atoms with Crippen LogP contribution in [-0.4, -0.2) is 13.7 Å². The highest BCUT2D eigenvalue weighted by Gasteiger charge is 2.15. The molecule has 3 aromatic heterocycles. The Hall–Kier alpha value is -8.40. The number of fused-ring (bicyclic) bond motifs is 9. The number of rotatable bonds is 9. The third kappa shape index (κ3) is 6.51. The number of aromatic nitrogens is 3. The van der Waals surface area contributed by atoms with Crippen molar-refractivity contribution in [2.75, 3.05) is 0 Å². The fourth-order valence-corrected chi connectivity index (χ4v) is 10.7. The normalized spacial score (nSPS) is 11.8. The first-order valence-electron chi connectivity index (χ1n) is 23.0. The molecule has 0 saturated heterocycles. The van der Waals surface area contributed by atoms with Crippen LogP contribution in [0.2, 0.25) is 0 Å². The zero-order valence-corrected chi connectivity index (χ0v) is 36.5. The van der Waals surface area contributed by atoms with Crippen LogP contribution >= 0.6 is 0 Å². The molecular weight excluding hydrogens is 799 g/mol. The summed E-state index contributed by atoms with van der Waals surface area (Å²) in [5.41, 5.74) is 18.8. The van der Waals surface area contributed by atoms with E-state index in [1.807, 2.05) is 0 Å². The van der Waals surface area contributed by atoms with E-state index in [2.05, 4.69) is 250 Å². The fraction of sp³-hybridized carbons (Fsp3) is 0.0476. The predicted octanol–water partition coefficient (Wildman–Crippen LogP) is 15.8. The molecule has 0 aliphatic carbocycles. The van der Waals surface area contributed by atoms with Crippen LogP contribution in [0, 0.1) is 0 Å². The number of benzene rings is 10. The maximum Gasteiger partial charge on any atom is 0.0541 e. The van der Waals surface area contributed by atoms with E-state index in [0.717, 1.165) is 19.3 Å². The monoisotopic (exact) mass is 843 g/mol. The summed E-state index contributed by atoms with van der Waals surface area (Å²) in [6.07, 6.45) is 2.56. The van der Waals surface area contributed by atoms with Crippen LogP contribution in [0.1, 0.15) is 33.4 Å². The molecule has 0 N–H and O–H groups in total. The molecule has 0 amide bonds. The lowest BCUT2D eigenvalue weighted by Crippen LogP contribution is -1.99. The first-order chi connectivity index (χ1) is 32.7. The summed E-state index contributed by atoms with van der Waals surface area (Å²) < 4.78 is 7.19. The van der Waals surface area contributed by atoms with E-state index in [-0.39, 0.29) is 0 Å². The topological polar surface area (TPSA) is 14.8 Å². The maximum absolute atomic E-state index is 2.43. The quantitative estimate of drug-likeness (QED) is 0.138. The molecule has 0 atom stereocenters. The first kappa shape index (κ1) is 38.1. The van der Waals surface area contributed by atoms with Crippen LogP contribution in [0.3, 0.4) is 0 Å². The lowest BCUT2D eigenvalue weighted by molar-refractivity contribution is 1.08. The zero-order chi connectivity index (χ0) is 43.6. The van der Waals surface area contributed by atoms with Crippen LogP contribution in [-0.2, 0) is 19.3 Å². The molecule has 0 bridgehead atoms. The molecule has 0 fully saturated rings. The third-order valence-electron chi connectivity index (χ3n) is 13.7. The van der Waals surface area contributed by atoms with Gasteiger partial charge in [-0.2, -0.15) is 0 Å². The summed E-state index contributed by atoms with van der Waals surface area (Å²) in [7, 11) is 0. The average Bonchev–Trinajstić information content (AvgIpc) is 4.01. The molecular formula is C63H45N3. The SMILES string of the molecule is c1ccc2c(c1)c1ccccc1n2-c1ccc(Cc2cc(Cc3ccc(-n4c5ccccc5c5ccccc54)cc3)cc(Cc3ccc(-n4c5ccccc5c5ccccc54)cc3)c2)cc1. The van der Waals surface area contributed by atoms with E-state index < -0.39 is 0 Å². The summed E-state index contributed by atoms with van der Waals surface area (Å²) in [6, 6.07) is 87.2. The largest absolute Gasteiger partial charge is 0.309 e. The van der Waals surface area contributed by atoms with Crippen molar-refractivity contribution in [1.29, 1.82) is 0 Å². The fourth-order valence-electron chi connectivity index (χ4n) is 10.7. The Morgan fingerprint density at radius 3 is 0.606 bits per heavy atom. The van der Waals surface area contributed by atoms with Gasteiger partial charge in [0, 0.05) is 49.4 Å². The summed E-state index contributed by atoms with van der Waals surface area (Å²) in [5, 5.41) is 7.69. The molecule has 0 unspecified atom stereocenters. The molecule has 0 spiro atoms. The average molecular weight is 844 g/mol. The number of hydrogen-bond donors (Lipinski definition) is 0. The van der Waals surface area contributed by atoms with Crippen molar-refractivity contribution < 1.29 is 0 Å². The van der Waals surface area contributed by atoms with Crippen LogP contribution in [0.25, 0.3) is 82.5 Å². The second kappa shape index (κ2) is 15.7. The van der Waals surface area contributed by atoms with Gasteiger partial charge >= 0.3 is 0 Å². The van der Waals surface area contributed by atoms with Crippen molar-refractivity contribution in [3.8, 4) is 17.1 Å². The lowest BCUT2D eigenvalue weighted by atomic mass is 9.94. The van der Waals surface area contributed by atoms with Gasteiger partial charge in [0.25, 0.3) is 0 Å². The van der Waals surface area contributed by atoms with Gasteiger partial charge in [0.15, 0.2) is 0 Å². The summed E-state index contributed by atoms with van der Waals surface area (Å²) in [4.78, 5) is 0. The molecule has 66 heavy (non-hydrogen) atoms. The van der Waals surface area contributed by atoms with Gasteiger partial charge < -0.3 is 13.7 Å². The highest BCUT2D eigenvalue weighted by atomic mass is 15.0. The van der Waals surface area contributed by atoms with E-state index in [1.54, 1.807) is 0 Å². The van der Waals surface area contributed by atoms with E-state index in [9.17, 15) is 0 Å². The van der Waals surface area contributed by atoms with E-state index in [1.165, 1.54) is 116 Å². The highest BCUT2D eigenvalue weighted by Crippen LogP contribution is 2.35. The Morgan fingerprint density at radius 2 is 0.394 bits per heavy atom. The number of hydrogen-bond acceptors (Lipinski definition) is 0. The second-order valence-corrected chi connectivity index (χ2v) is 17.8. The molecule has 10 aromatic carbocycles. The van der Waals surface area contributed by atoms with Gasteiger partial charge in [-0.15, -0.1) is 0 Å². The van der Waals surface area contributed by atoms with E-state index in [4.69, 9.17) is 0 Å². The van der Waals surface area contributed by atoms with Gasteiger partial charge in [0.1, 0.15) is 0 Å². The third-order valence-corrected chi connectivity index (χ3v) is 13.7. The van der Waals surface area contributed by atoms with Gasteiger partial charge in [0.05, 0.1) is 33.1 Å². The van der Waals surface area contributed by atoms with Crippen molar-refractivity contribution in [3.05, 3.63) is 270 Å². The van der Waals surface area contributed by atoms with Crippen molar-refractivity contribution in [2.24, 2.45) is 0 Å². The van der Waals surface area contributed by atoms with Crippen LogP contribution in [0.15, 0.2) is 237 Å². The molecule has 3 heteroatoms. The maximum atomic E-state index is 2.43. The van der Waals surface area contributed by atoms with E-state index >= 15 is 0 Å². The van der Waals surface area contributed by atoms with E-state index in [0.29, 0.717) is 0 Å². The van der Waals surface area contributed by atoms with Gasteiger partial charge in [-0.1, -0.05) is 164 Å². The summed E-state index contributed by atoms with van der Waals surface area (Å²) >= 11 is 0. The molecule has 0 radical (unpaired) electrons. The minimum atomic E-state index is 0.855. The van der Waals surface area contributed by atoms with Crippen molar-refractivity contribution in [3.63, 3.8) is 0 Å². The van der Waals surface area contributed by atoms with Crippen LogP contribution < -0.4 is 0 Å². The summed E-state index contributed by atoms with van der Waals surface area (Å²) in [5.74, 6) is 0. The molecule has 0 aliphatic rings. The number of nitrogens with zero attached hydrogens (tertiary/aromatic N) is 3. The zero-order valence-electron chi connectivity index (χ0n) is 36.5. The second-order valence-electron chi connectivity index (χ2n) is 17.8. The molecule has 0 aliphatic heterocycles. The van der Waals surface area contributed by atoms with Gasteiger partial charge in [-0.3, -0.25) is 0 Å². The minimum Gasteiger partial charge on any atom is -0.309 e. The Labute approximate surface area is 383 Å². The van der Waals surface area contributed by atoms with Gasteiger partial charge in [0.2, 0.25) is 0 Å². The first-order valence-corrected chi connectivity index (χ1v) is 23.0. The molecule has 3 heterocycles. The van der Waals surface area contributed by atoms with Crippen LogP contribution in [0.5, 0.6) is 0 Å². The van der Waals surface area contributed by atoms with Crippen molar-refractivity contribution in [1.82, 2.24) is 13.7 Å². The standard InChI is InChI=1S/C63H45N3/c1-7-19-58-52(13-1)53-14-2-8-20-59(53)64(58)49-31-25-43(26-32-49)37-46-40-47(38-44-27-33-50(34-28-44)65-60-21-9-3-15-54(60)55-16-4-10-22-61(55)65)42-48(41-46)39-45-29-35-51(36-30-45)66-62-23-11-5-17-56(62)57-18-6-12-24-63(57)66/h1-36,40-42H,37-39H2. The molecule has 3 nitrogen and oxygen atoms in total. The Morgan fingerprint density at radius 1 is 0.197 bits per heavy atom. The van der Waals surface area contributed by atoms with Gasteiger partial charge in [-0.05, 0) is 125 Å². The summed E-state index contributed by atoms with van der Waals surface area (Å²) in [6.45, 7) is 0. The smallest absolute Gasteiger partial charge is 0.0541 e. The Balaban J connectivity index is 0.835. The Bertz CT molecular complexity index is 3350.